The molecule has 0 saturated heterocycles. The molecule has 1 amide bonds. The largest absolute Gasteiger partial charge is 0.469 e. The van der Waals surface area contributed by atoms with Crippen LogP contribution < -0.4 is 5.32 Å². The Bertz CT molecular complexity index is 678. The molecule has 0 radical (unpaired) electrons. The maximum Gasteiger partial charge on any atom is 0.342 e. The van der Waals surface area contributed by atoms with Crippen molar-refractivity contribution in [3.8, 4) is 0 Å². The highest BCUT2D eigenvalue weighted by molar-refractivity contribution is 5.95. The molecule has 5 nitrogen and oxygen atoms in total. The maximum absolute atomic E-state index is 13.3. The van der Waals surface area contributed by atoms with Gasteiger partial charge in [-0.15, -0.1) is 0 Å². The Labute approximate surface area is 120 Å². The third-order valence-electron chi connectivity index (χ3n) is 2.87. The normalized spacial score (nSPS) is 10.2. The zero-order valence-corrected chi connectivity index (χ0v) is 11.6. The summed E-state index contributed by atoms with van der Waals surface area (Å²) < 4.78 is 23.1. The average molecular weight is 291 g/mol. The van der Waals surface area contributed by atoms with Crippen molar-refractivity contribution in [1.82, 2.24) is 0 Å². The molecule has 2 rings (SSSR count). The summed E-state index contributed by atoms with van der Waals surface area (Å²) in [5, 5.41) is 2.45. The van der Waals surface area contributed by atoms with Crippen LogP contribution in [0.3, 0.4) is 0 Å². The van der Waals surface area contributed by atoms with E-state index >= 15 is 0 Å². The Morgan fingerprint density at radius 1 is 1.29 bits per heavy atom. The first-order chi connectivity index (χ1) is 9.97. The number of hydrogen-bond acceptors (Lipinski definition) is 4. The number of halogens is 1. The standard InChI is InChI=1S/C15H14FNO4/c1-9-3-4-11(7-13(9)16)17-14(18)8-21-15(19)12-5-6-20-10(12)2/h3-7H,8H2,1-2H3,(H,17,18). The predicted octanol–water partition coefficient (Wildman–Crippen LogP) is 2.83. The zero-order valence-electron chi connectivity index (χ0n) is 11.6. The number of benzene rings is 1. The van der Waals surface area contributed by atoms with Crippen LogP contribution in [-0.2, 0) is 9.53 Å². The molecular weight excluding hydrogens is 277 g/mol. The summed E-state index contributed by atoms with van der Waals surface area (Å²) >= 11 is 0. The van der Waals surface area contributed by atoms with Gasteiger partial charge in [0.1, 0.15) is 17.1 Å². The summed E-state index contributed by atoms with van der Waals surface area (Å²) in [7, 11) is 0. The molecule has 0 saturated carbocycles. The molecule has 0 aliphatic carbocycles. The zero-order chi connectivity index (χ0) is 15.4. The van der Waals surface area contributed by atoms with Crippen molar-refractivity contribution in [3.63, 3.8) is 0 Å². The summed E-state index contributed by atoms with van der Waals surface area (Å²) in [5.74, 6) is -1.20. The summed E-state index contributed by atoms with van der Waals surface area (Å²) in [6.45, 7) is 2.78. The van der Waals surface area contributed by atoms with Crippen LogP contribution in [0.1, 0.15) is 21.7 Å². The molecule has 0 bridgehead atoms. The van der Waals surface area contributed by atoms with Gasteiger partial charge in [-0.1, -0.05) is 6.07 Å². The number of nitrogens with one attached hydrogen (secondary N) is 1. The molecule has 0 unspecified atom stereocenters. The Balaban J connectivity index is 1.89. The molecular formula is C15H14FNO4. The topological polar surface area (TPSA) is 68.5 Å². The number of carbonyl (C=O) groups is 2. The second-order valence-electron chi connectivity index (χ2n) is 4.48. The van der Waals surface area contributed by atoms with Gasteiger partial charge in [0.2, 0.25) is 0 Å². The highest BCUT2D eigenvalue weighted by Crippen LogP contribution is 2.14. The van der Waals surface area contributed by atoms with Crippen molar-refractivity contribution < 1.29 is 23.1 Å². The lowest BCUT2D eigenvalue weighted by Crippen LogP contribution is -2.21. The summed E-state index contributed by atoms with van der Waals surface area (Å²) in [4.78, 5) is 23.3. The van der Waals surface area contributed by atoms with Crippen molar-refractivity contribution in [3.05, 3.63) is 53.2 Å². The van der Waals surface area contributed by atoms with Crippen LogP contribution in [0.2, 0.25) is 0 Å². The van der Waals surface area contributed by atoms with E-state index in [4.69, 9.17) is 9.15 Å². The van der Waals surface area contributed by atoms with Gasteiger partial charge in [-0.3, -0.25) is 4.79 Å². The molecule has 0 spiro atoms. The van der Waals surface area contributed by atoms with Crippen molar-refractivity contribution in [2.24, 2.45) is 0 Å². The van der Waals surface area contributed by atoms with Crippen LogP contribution in [0.15, 0.2) is 34.9 Å². The number of esters is 1. The first kappa shape index (κ1) is 14.8. The lowest BCUT2D eigenvalue weighted by atomic mass is 10.2. The van der Waals surface area contributed by atoms with E-state index in [2.05, 4.69) is 5.32 Å². The van der Waals surface area contributed by atoms with Gasteiger partial charge in [-0.2, -0.15) is 0 Å². The van der Waals surface area contributed by atoms with Gasteiger partial charge in [0.15, 0.2) is 6.61 Å². The van der Waals surface area contributed by atoms with Gasteiger partial charge in [0.25, 0.3) is 5.91 Å². The van der Waals surface area contributed by atoms with Gasteiger partial charge in [0, 0.05) is 5.69 Å². The van der Waals surface area contributed by atoms with Crippen molar-refractivity contribution >= 4 is 17.6 Å². The number of hydrogen-bond donors (Lipinski definition) is 1. The van der Waals surface area contributed by atoms with Gasteiger partial charge < -0.3 is 14.5 Å². The smallest absolute Gasteiger partial charge is 0.342 e. The predicted molar refractivity (Wildman–Crippen MR) is 73.5 cm³/mol. The SMILES string of the molecule is Cc1ccc(NC(=O)COC(=O)c2ccoc2C)cc1F. The quantitative estimate of drug-likeness (QED) is 0.879. The number of amides is 1. The molecule has 0 fully saturated rings. The van der Waals surface area contributed by atoms with Crippen molar-refractivity contribution in [1.29, 1.82) is 0 Å². The molecule has 0 aliphatic rings. The Kier molecular flexibility index (Phi) is 4.37. The van der Waals surface area contributed by atoms with Gasteiger partial charge in [-0.25, -0.2) is 9.18 Å². The molecule has 0 atom stereocenters. The van der Waals surface area contributed by atoms with Crippen LogP contribution in [-0.4, -0.2) is 18.5 Å². The number of ether oxygens (including phenoxy) is 1. The lowest BCUT2D eigenvalue weighted by molar-refractivity contribution is -0.119. The third-order valence-corrected chi connectivity index (χ3v) is 2.87. The second-order valence-corrected chi connectivity index (χ2v) is 4.48. The van der Waals surface area contributed by atoms with E-state index in [1.165, 1.54) is 18.4 Å². The second kappa shape index (κ2) is 6.21. The van der Waals surface area contributed by atoms with E-state index in [1.54, 1.807) is 26.0 Å². The number of furan rings is 1. The van der Waals surface area contributed by atoms with Gasteiger partial charge >= 0.3 is 5.97 Å². The van der Waals surface area contributed by atoms with Crippen molar-refractivity contribution in [2.45, 2.75) is 13.8 Å². The highest BCUT2D eigenvalue weighted by atomic mass is 19.1. The lowest BCUT2D eigenvalue weighted by Gasteiger charge is -2.07. The number of aryl methyl sites for hydroxylation is 2. The minimum absolute atomic E-state index is 0.268. The minimum Gasteiger partial charge on any atom is -0.469 e. The van der Waals surface area contributed by atoms with E-state index in [0.717, 1.165) is 0 Å². The highest BCUT2D eigenvalue weighted by Gasteiger charge is 2.14. The molecule has 0 aliphatic heterocycles. The van der Waals surface area contributed by atoms with E-state index in [9.17, 15) is 14.0 Å². The number of rotatable bonds is 4. The Morgan fingerprint density at radius 2 is 2.05 bits per heavy atom. The van der Waals surface area contributed by atoms with Crippen molar-refractivity contribution in [2.75, 3.05) is 11.9 Å². The molecule has 2 aromatic rings. The fourth-order valence-electron chi connectivity index (χ4n) is 1.67. The number of carbonyl (C=O) groups excluding carboxylic acids is 2. The van der Waals surface area contributed by atoms with Crippen LogP contribution in [0.4, 0.5) is 10.1 Å². The first-order valence-corrected chi connectivity index (χ1v) is 6.24. The average Bonchev–Trinajstić information content (AvgIpc) is 2.86. The fourth-order valence-corrected chi connectivity index (χ4v) is 1.67. The van der Waals surface area contributed by atoms with Crippen LogP contribution >= 0.6 is 0 Å². The fraction of sp³-hybridized carbons (Fsp3) is 0.200. The Morgan fingerprint density at radius 3 is 2.67 bits per heavy atom. The molecule has 1 aromatic carbocycles. The van der Waals surface area contributed by atoms with Gasteiger partial charge in [-0.05, 0) is 37.6 Å². The van der Waals surface area contributed by atoms with E-state index < -0.39 is 24.3 Å². The van der Waals surface area contributed by atoms with Crippen LogP contribution in [0, 0.1) is 19.7 Å². The Hall–Kier alpha value is -2.63. The van der Waals surface area contributed by atoms with E-state index in [1.807, 2.05) is 0 Å². The third kappa shape index (κ3) is 3.68. The maximum atomic E-state index is 13.3. The molecule has 1 aromatic heterocycles. The minimum atomic E-state index is -0.647. The van der Waals surface area contributed by atoms with E-state index in [-0.39, 0.29) is 5.56 Å². The van der Waals surface area contributed by atoms with Crippen LogP contribution in [0.25, 0.3) is 0 Å². The summed E-state index contributed by atoms with van der Waals surface area (Å²) in [5.41, 5.74) is 1.05. The summed E-state index contributed by atoms with van der Waals surface area (Å²) in [6, 6.07) is 5.78. The molecule has 21 heavy (non-hydrogen) atoms. The molecule has 1 heterocycles. The van der Waals surface area contributed by atoms with Gasteiger partial charge in [0.05, 0.1) is 6.26 Å². The first-order valence-electron chi connectivity index (χ1n) is 6.24. The molecule has 6 heteroatoms. The van der Waals surface area contributed by atoms with E-state index in [0.29, 0.717) is 17.0 Å². The van der Waals surface area contributed by atoms with Crippen LogP contribution in [0.5, 0.6) is 0 Å². The summed E-state index contributed by atoms with van der Waals surface area (Å²) in [6.07, 6.45) is 1.36. The molecule has 110 valence electrons. The molecule has 1 N–H and O–H groups in total. The number of anilines is 1. The monoisotopic (exact) mass is 291 g/mol.